The highest BCUT2D eigenvalue weighted by Crippen LogP contribution is 2.32. The molecule has 1 aliphatic heterocycles. The molecule has 1 aliphatic carbocycles. The molecule has 0 radical (unpaired) electrons. The number of amides is 1. The minimum atomic E-state index is -0.245. The van der Waals surface area contributed by atoms with Gasteiger partial charge in [0.15, 0.2) is 0 Å². The second-order valence-corrected chi connectivity index (χ2v) is 6.16. The van der Waals surface area contributed by atoms with Gasteiger partial charge in [-0.3, -0.25) is 4.79 Å². The first-order chi connectivity index (χ1) is 7.93. The van der Waals surface area contributed by atoms with Gasteiger partial charge in [0, 0.05) is 18.5 Å². The maximum Gasteiger partial charge on any atom is 0.225 e. The van der Waals surface area contributed by atoms with Crippen molar-refractivity contribution in [3.05, 3.63) is 0 Å². The average Bonchev–Trinajstić information content (AvgIpc) is 2.63. The molecule has 1 heterocycles. The predicted octanol–water partition coefficient (Wildman–Crippen LogP) is 1.29. The molecule has 0 bridgehead atoms. The summed E-state index contributed by atoms with van der Waals surface area (Å²) < 4.78 is 5.44. The fourth-order valence-electron chi connectivity index (χ4n) is 2.97. The van der Waals surface area contributed by atoms with E-state index in [9.17, 15) is 4.79 Å². The van der Waals surface area contributed by atoms with Crippen molar-refractivity contribution in [2.24, 2.45) is 5.73 Å². The average molecular weight is 240 g/mol. The van der Waals surface area contributed by atoms with E-state index in [-0.39, 0.29) is 17.0 Å². The van der Waals surface area contributed by atoms with Crippen LogP contribution in [0.2, 0.25) is 0 Å². The predicted molar refractivity (Wildman–Crippen MR) is 66.6 cm³/mol. The lowest BCUT2D eigenvalue weighted by atomic mass is 9.92. The minimum Gasteiger partial charge on any atom is -0.377 e. The molecule has 0 aromatic rings. The Hall–Kier alpha value is -0.610. The zero-order valence-electron chi connectivity index (χ0n) is 11.0. The van der Waals surface area contributed by atoms with Gasteiger partial charge in [-0.2, -0.15) is 0 Å². The Bertz CT molecular complexity index is 296. The third kappa shape index (κ3) is 2.80. The molecule has 2 rings (SSSR count). The van der Waals surface area contributed by atoms with Gasteiger partial charge in [0.25, 0.3) is 0 Å². The Labute approximate surface area is 103 Å². The molecule has 2 aliphatic rings. The van der Waals surface area contributed by atoms with Crippen LogP contribution in [-0.2, 0) is 9.53 Å². The van der Waals surface area contributed by atoms with Gasteiger partial charge >= 0.3 is 0 Å². The maximum atomic E-state index is 12.4. The number of morpholine rings is 1. The largest absolute Gasteiger partial charge is 0.377 e. The Balaban J connectivity index is 1.99. The highest BCUT2D eigenvalue weighted by atomic mass is 16.5. The molecule has 4 nitrogen and oxygen atoms in total. The van der Waals surface area contributed by atoms with E-state index in [1.54, 1.807) is 0 Å². The molecule has 0 aromatic heterocycles. The van der Waals surface area contributed by atoms with E-state index in [4.69, 9.17) is 10.5 Å². The molecule has 1 saturated heterocycles. The SMILES string of the molecule is CC1(C)COCCN1C(=O)CC1(N)CCCC1. The number of carbonyl (C=O) groups excluding carboxylic acids is 1. The molecule has 4 heteroatoms. The van der Waals surface area contributed by atoms with Gasteiger partial charge in [0.05, 0.1) is 18.8 Å². The van der Waals surface area contributed by atoms with Crippen molar-refractivity contribution in [1.82, 2.24) is 4.90 Å². The Morgan fingerprint density at radius 3 is 2.59 bits per heavy atom. The third-order valence-electron chi connectivity index (χ3n) is 4.05. The standard InChI is InChI=1S/C13H24N2O2/c1-12(2)10-17-8-7-15(12)11(16)9-13(14)5-3-4-6-13/h3-10,14H2,1-2H3. The van der Waals surface area contributed by atoms with E-state index in [1.807, 2.05) is 4.90 Å². The smallest absolute Gasteiger partial charge is 0.225 e. The van der Waals surface area contributed by atoms with Crippen LogP contribution in [0.4, 0.5) is 0 Å². The summed E-state index contributed by atoms with van der Waals surface area (Å²) in [7, 11) is 0. The summed E-state index contributed by atoms with van der Waals surface area (Å²) in [5.41, 5.74) is 5.84. The van der Waals surface area contributed by atoms with Crippen LogP contribution in [-0.4, -0.2) is 41.6 Å². The number of hydrogen-bond donors (Lipinski definition) is 1. The van der Waals surface area contributed by atoms with Crippen LogP contribution in [0.3, 0.4) is 0 Å². The Morgan fingerprint density at radius 1 is 1.35 bits per heavy atom. The fraction of sp³-hybridized carbons (Fsp3) is 0.923. The van der Waals surface area contributed by atoms with Crippen molar-refractivity contribution in [3.63, 3.8) is 0 Å². The van der Waals surface area contributed by atoms with Crippen molar-refractivity contribution in [2.75, 3.05) is 19.8 Å². The van der Waals surface area contributed by atoms with Crippen LogP contribution in [0.25, 0.3) is 0 Å². The minimum absolute atomic E-state index is 0.190. The first kappa shape index (κ1) is 12.8. The molecule has 98 valence electrons. The van der Waals surface area contributed by atoms with Crippen LogP contribution in [0, 0.1) is 0 Å². The number of nitrogens with zero attached hydrogens (tertiary/aromatic N) is 1. The van der Waals surface area contributed by atoms with Crippen molar-refractivity contribution < 1.29 is 9.53 Å². The molecule has 0 atom stereocenters. The van der Waals surface area contributed by atoms with Crippen molar-refractivity contribution in [3.8, 4) is 0 Å². The van der Waals surface area contributed by atoms with Crippen molar-refractivity contribution >= 4 is 5.91 Å². The van der Waals surface area contributed by atoms with E-state index in [0.29, 0.717) is 26.2 Å². The summed E-state index contributed by atoms with van der Waals surface area (Å²) in [6, 6.07) is 0. The quantitative estimate of drug-likeness (QED) is 0.791. The van der Waals surface area contributed by atoms with Gasteiger partial charge in [-0.15, -0.1) is 0 Å². The summed E-state index contributed by atoms with van der Waals surface area (Å²) in [6.07, 6.45) is 4.80. The maximum absolute atomic E-state index is 12.4. The van der Waals surface area contributed by atoms with Crippen LogP contribution in [0.5, 0.6) is 0 Å². The second kappa shape index (κ2) is 4.58. The number of carbonyl (C=O) groups is 1. The van der Waals surface area contributed by atoms with Crippen LogP contribution < -0.4 is 5.73 Å². The molecule has 0 unspecified atom stereocenters. The van der Waals surface area contributed by atoms with Gasteiger partial charge in [-0.25, -0.2) is 0 Å². The normalized spacial score (nSPS) is 27.1. The van der Waals surface area contributed by atoms with Crippen LogP contribution in [0.1, 0.15) is 46.0 Å². The van der Waals surface area contributed by atoms with E-state index < -0.39 is 0 Å². The van der Waals surface area contributed by atoms with Gasteiger partial charge in [0.1, 0.15) is 0 Å². The summed E-state index contributed by atoms with van der Waals surface area (Å²) in [4.78, 5) is 14.3. The van der Waals surface area contributed by atoms with E-state index in [0.717, 1.165) is 25.7 Å². The van der Waals surface area contributed by atoms with Gasteiger partial charge in [-0.05, 0) is 26.7 Å². The fourth-order valence-corrected chi connectivity index (χ4v) is 2.97. The number of nitrogens with two attached hydrogens (primary N) is 1. The molecule has 0 aromatic carbocycles. The molecule has 0 spiro atoms. The van der Waals surface area contributed by atoms with Gasteiger partial charge in [0.2, 0.25) is 5.91 Å². The lowest BCUT2D eigenvalue weighted by molar-refractivity contribution is -0.147. The Kier molecular flexibility index (Phi) is 3.46. The molecule has 2 fully saturated rings. The summed E-state index contributed by atoms with van der Waals surface area (Å²) in [5, 5.41) is 0. The van der Waals surface area contributed by atoms with E-state index >= 15 is 0 Å². The third-order valence-corrected chi connectivity index (χ3v) is 4.05. The first-order valence-electron chi connectivity index (χ1n) is 6.60. The van der Waals surface area contributed by atoms with Gasteiger partial charge in [-0.1, -0.05) is 12.8 Å². The second-order valence-electron chi connectivity index (χ2n) is 6.16. The summed E-state index contributed by atoms with van der Waals surface area (Å²) in [6.45, 7) is 6.08. The lowest BCUT2D eigenvalue weighted by Crippen LogP contribution is -2.57. The monoisotopic (exact) mass is 240 g/mol. The topological polar surface area (TPSA) is 55.6 Å². The summed E-state index contributed by atoms with van der Waals surface area (Å²) >= 11 is 0. The molecular weight excluding hydrogens is 216 g/mol. The number of ether oxygens (including phenoxy) is 1. The highest BCUT2D eigenvalue weighted by Gasteiger charge is 2.38. The molecule has 1 saturated carbocycles. The molecule has 2 N–H and O–H groups in total. The van der Waals surface area contributed by atoms with Gasteiger partial charge < -0.3 is 15.4 Å². The van der Waals surface area contributed by atoms with Crippen molar-refractivity contribution in [1.29, 1.82) is 0 Å². The highest BCUT2D eigenvalue weighted by molar-refractivity contribution is 5.78. The molecule has 1 amide bonds. The number of rotatable bonds is 2. The molecular formula is C13H24N2O2. The van der Waals surface area contributed by atoms with E-state index in [2.05, 4.69) is 13.8 Å². The lowest BCUT2D eigenvalue weighted by Gasteiger charge is -2.43. The van der Waals surface area contributed by atoms with Crippen LogP contribution in [0.15, 0.2) is 0 Å². The zero-order chi connectivity index (χ0) is 12.5. The van der Waals surface area contributed by atoms with Crippen molar-refractivity contribution in [2.45, 2.75) is 57.0 Å². The van der Waals surface area contributed by atoms with E-state index in [1.165, 1.54) is 0 Å². The number of hydrogen-bond acceptors (Lipinski definition) is 3. The Morgan fingerprint density at radius 2 is 2.00 bits per heavy atom. The molecule has 17 heavy (non-hydrogen) atoms. The van der Waals surface area contributed by atoms with Crippen LogP contribution >= 0.6 is 0 Å². The first-order valence-corrected chi connectivity index (χ1v) is 6.60. The summed E-state index contributed by atoms with van der Waals surface area (Å²) in [5.74, 6) is 0.197. The zero-order valence-corrected chi connectivity index (χ0v) is 11.0.